The van der Waals surface area contributed by atoms with Crippen molar-refractivity contribution in [3.05, 3.63) is 65.2 Å². The van der Waals surface area contributed by atoms with Crippen LogP contribution in [-0.2, 0) is 4.79 Å². The molecule has 1 fully saturated rings. The lowest BCUT2D eigenvalue weighted by Crippen LogP contribution is -2.40. The molecule has 142 valence electrons. The molecule has 2 aromatic carbocycles. The number of para-hydroxylation sites is 1. The van der Waals surface area contributed by atoms with Gasteiger partial charge in [0.25, 0.3) is 5.91 Å². The molecule has 1 aromatic heterocycles. The van der Waals surface area contributed by atoms with Gasteiger partial charge >= 0.3 is 5.97 Å². The molecule has 6 heteroatoms. The van der Waals surface area contributed by atoms with Crippen LogP contribution in [-0.4, -0.2) is 40.0 Å². The van der Waals surface area contributed by atoms with E-state index in [4.69, 9.17) is 16.6 Å². The van der Waals surface area contributed by atoms with E-state index in [-0.39, 0.29) is 11.8 Å². The van der Waals surface area contributed by atoms with Gasteiger partial charge in [0, 0.05) is 29.1 Å². The maximum atomic E-state index is 13.3. The summed E-state index contributed by atoms with van der Waals surface area (Å²) in [6, 6.07) is 16.7. The van der Waals surface area contributed by atoms with Crippen LogP contribution >= 0.6 is 11.6 Å². The maximum Gasteiger partial charge on any atom is 0.306 e. The summed E-state index contributed by atoms with van der Waals surface area (Å²) in [5, 5.41) is 10.5. The molecule has 0 spiro atoms. The summed E-state index contributed by atoms with van der Waals surface area (Å²) in [6.45, 7) is 0.877. The molecule has 1 amide bonds. The van der Waals surface area contributed by atoms with Crippen molar-refractivity contribution < 1.29 is 14.7 Å². The van der Waals surface area contributed by atoms with Crippen LogP contribution in [0.2, 0.25) is 5.02 Å². The summed E-state index contributed by atoms with van der Waals surface area (Å²) in [5.41, 5.74) is 2.71. The van der Waals surface area contributed by atoms with E-state index in [1.165, 1.54) is 0 Å². The zero-order valence-electron chi connectivity index (χ0n) is 15.1. The van der Waals surface area contributed by atoms with Crippen molar-refractivity contribution in [2.24, 2.45) is 5.92 Å². The standard InChI is InChI=1S/C22H19ClN2O3/c23-18-7-3-1-6-16(18)20-13-17(15-5-2-4-8-19(15)24-20)21(26)25-11-9-14(10-12-25)22(27)28/h1-8,13-14H,9-12H2,(H,27,28). The molecule has 1 aliphatic heterocycles. The van der Waals surface area contributed by atoms with Gasteiger partial charge in [-0.1, -0.05) is 48.0 Å². The third-order valence-corrected chi connectivity index (χ3v) is 5.56. The van der Waals surface area contributed by atoms with Crippen molar-refractivity contribution in [2.45, 2.75) is 12.8 Å². The van der Waals surface area contributed by atoms with Gasteiger partial charge in [-0.15, -0.1) is 0 Å². The molecule has 28 heavy (non-hydrogen) atoms. The largest absolute Gasteiger partial charge is 0.481 e. The SMILES string of the molecule is O=C(O)C1CCN(C(=O)c2cc(-c3ccccc3Cl)nc3ccccc23)CC1. The summed E-state index contributed by atoms with van der Waals surface area (Å²) in [7, 11) is 0. The third-order valence-electron chi connectivity index (χ3n) is 5.23. The fraction of sp³-hybridized carbons (Fsp3) is 0.227. The Bertz CT molecular complexity index is 1060. The minimum atomic E-state index is -0.789. The number of carboxylic acids is 1. The average Bonchev–Trinajstić information content (AvgIpc) is 2.73. The number of fused-ring (bicyclic) bond motifs is 1. The van der Waals surface area contributed by atoms with Crippen LogP contribution in [0.3, 0.4) is 0 Å². The van der Waals surface area contributed by atoms with E-state index in [1.807, 2.05) is 42.5 Å². The average molecular weight is 395 g/mol. The first-order chi connectivity index (χ1) is 13.5. The summed E-state index contributed by atoms with van der Waals surface area (Å²) >= 11 is 6.35. The van der Waals surface area contributed by atoms with Crippen LogP contribution in [0.1, 0.15) is 23.2 Å². The molecule has 1 saturated heterocycles. The fourth-order valence-electron chi connectivity index (χ4n) is 3.66. The van der Waals surface area contributed by atoms with Gasteiger partial charge in [0.1, 0.15) is 0 Å². The second-order valence-electron chi connectivity index (χ2n) is 6.96. The Morgan fingerprint density at radius 3 is 2.43 bits per heavy atom. The zero-order chi connectivity index (χ0) is 19.7. The molecular formula is C22H19ClN2O3. The number of halogens is 1. The highest BCUT2D eigenvalue weighted by Gasteiger charge is 2.28. The number of piperidine rings is 1. The van der Waals surface area contributed by atoms with E-state index in [0.29, 0.717) is 42.2 Å². The minimum Gasteiger partial charge on any atom is -0.481 e. The van der Waals surface area contributed by atoms with Gasteiger partial charge < -0.3 is 10.0 Å². The Morgan fingerprint density at radius 2 is 1.71 bits per heavy atom. The number of carboxylic acid groups (broad SMARTS) is 1. The van der Waals surface area contributed by atoms with Gasteiger partial charge in [-0.2, -0.15) is 0 Å². The van der Waals surface area contributed by atoms with Crippen molar-refractivity contribution in [1.29, 1.82) is 0 Å². The summed E-state index contributed by atoms with van der Waals surface area (Å²) in [5.74, 6) is -1.27. The topological polar surface area (TPSA) is 70.5 Å². The number of hydrogen-bond acceptors (Lipinski definition) is 3. The number of rotatable bonds is 3. The molecule has 0 atom stereocenters. The van der Waals surface area contributed by atoms with E-state index in [1.54, 1.807) is 17.0 Å². The first kappa shape index (κ1) is 18.4. The highest BCUT2D eigenvalue weighted by atomic mass is 35.5. The van der Waals surface area contributed by atoms with Crippen LogP contribution in [0.4, 0.5) is 0 Å². The number of likely N-dealkylation sites (tertiary alicyclic amines) is 1. The van der Waals surface area contributed by atoms with Crippen molar-refractivity contribution in [3.63, 3.8) is 0 Å². The molecule has 0 saturated carbocycles. The number of amides is 1. The Kier molecular flexibility index (Phi) is 5.01. The molecule has 1 aliphatic rings. The van der Waals surface area contributed by atoms with Gasteiger partial charge in [0.05, 0.1) is 22.7 Å². The van der Waals surface area contributed by atoms with Crippen molar-refractivity contribution in [1.82, 2.24) is 9.88 Å². The second-order valence-corrected chi connectivity index (χ2v) is 7.36. The molecular weight excluding hydrogens is 376 g/mol. The predicted molar refractivity (Wildman–Crippen MR) is 108 cm³/mol. The van der Waals surface area contributed by atoms with E-state index >= 15 is 0 Å². The van der Waals surface area contributed by atoms with Crippen molar-refractivity contribution in [2.75, 3.05) is 13.1 Å². The number of aliphatic carboxylic acids is 1. The van der Waals surface area contributed by atoms with Gasteiger partial charge in [-0.05, 0) is 31.0 Å². The molecule has 0 radical (unpaired) electrons. The van der Waals surface area contributed by atoms with Crippen LogP contribution in [0.25, 0.3) is 22.2 Å². The maximum absolute atomic E-state index is 13.3. The Morgan fingerprint density at radius 1 is 1.04 bits per heavy atom. The summed E-state index contributed by atoms with van der Waals surface area (Å²) in [4.78, 5) is 30.9. The zero-order valence-corrected chi connectivity index (χ0v) is 15.9. The summed E-state index contributed by atoms with van der Waals surface area (Å²) in [6.07, 6.45) is 0.947. The lowest BCUT2D eigenvalue weighted by atomic mass is 9.96. The molecule has 2 heterocycles. The molecule has 0 aliphatic carbocycles. The molecule has 3 aromatic rings. The van der Waals surface area contributed by atoms with Gasteiger partial charge in [-0.25, -0.2) is 4.98 Å². The number of aromatic nitrogens is 1. The molecule has 4 rings (SSSR count). The number of pyridine rings is 1. The van der Waals surface area contributed by atoms with E-state index in [0.717, 1.165) is 16.5 Å². The van der Waals surface area contributed by atoms with Crippen molar-refractivity contribution in [3.8, 4) is 11.3 Å². The second kappa shape index (κ2) is 7.60. The Labute approximate surface area is 167 Å². The molecule has 1 N–H and O–H groups in total. The quantitative estimate of drug-likeness (QED) is 0.710. The lowest BCUT2D eigenvalue weighted by Gasteiger charge is -2.30. The monoisotopic (exact) mass is 394 g/mol. The molecule has 0 bridgehead atoms. The molecule has 0 unspecified atom stereocenters. The number of carbonyl (C=O) groups is 2. The number of hydrogen-bond donors (Lipinski definition) is 1. The van der Waals surface area contributed by atoms with Gasteiger partial charge in [0.15, 0.2) is 0 Å². The third kappa shape index (κ3) is 3.45. The molecule has 5 nitrogen and oxygen atoms in total. The van der Waals surface area contributed by atoms with E-state index in [9.17, 15) is 14.7 Å². The Balaban J connectivity index is 1.75. The number of benzene rings is 2. The lowest BCUT2D eigenvalue weighted by molar-refractivity contribution is -0.143. The highest BCUT2D eigenvalue weighted by Crippen LogP contribution is 2.31. The first-order valence-electron chi connectivity index (χ1n) is 9.21. The van der Waals surface area contributed by atoms with Crippen LogP contribution in [0, 0.1) is 5.92 Å². The van der Waals surface area contributed by atoms with Crippen LogP contribution in [0.15, 0.2) is 54.6 Å². The predicted octanol–water partition coefficient (Wildman–Crippen LogP) is 4.49. The van der Waals surface area contributed by atoms with Gasteiger partial charge in [-0.3, -0.25) is 9.59 Å². The number of nitrogens with zero attached hydrogens (tertiary/aromatic N) is 2. The van der Waals surface area contributed by atoms with Crippen molar-refractivity contribution >= 4 is 34.4 Å². The van der Waals surface area contributed by atoms with E-state index in [2.05, 4.69) is 0 Å². The smallest absolute Gasteiger partial charge is 0.306 e. The highest BCUT2D eigenvalue weighted by molar-refractivity contribution is 6.33. The number of carbonyl (C=O) groups excluding carboxylic acids is 1. The first-order valence-corrected chi connectivity index (χ1v) is 9.59. The van der Waals surface area contributed by atoms with Crippen LogP contribution in [0.5, 0.6) is 0 Å². The Hall–Kier alpha value is -2.92. The normalized spacial score (nSPS) is 15.0. The summed E-state index contributed by atoms with van der Waals surface area (Å²) < 4.78 is 0. The van der Waals surface area contributed by atoms with Crippen LogP contribution < -0.4 is 0 Å². The van der Waals surface area contributed by atoms with E-state index < -0.39 is 5.97 Å². The fourth-order valence-corrected chi connectivity index (χ4v) is 3.89. The van der Waals surface area contributed by atoms with Gasteiger partial charge in [0.2, 0.25) is 0 Å². The minimum absolute atomic E-state index is 0.101.